The first kappa shape index (κ1) is 18.9. The van der Waals surface area contributed by atoms with Crippen LogP contribution in [0, 0.1) is 0 Å². The monoisotopic (exact) mass is 452 g/mol. The summed E-state index contributed by atoms with van der Waals surface area (Å²) in [5.41, 5.74) is 2.57. The third-order valence-electron chi connectivity index (χ3n) is 6.47. The van der Waals surface area contributed by atoms with Gasteiger partial charge in [0.25, 0.3) is 0 Å². The molecular weight excluding hydrogens is 435 g/mol. The zero-order chi connectivity index (χ0) is 21.0. The summed E-state index contributed by atoms with van der Waals surface area (Å²) in [5, 5.41) is 9.22. The van der Waals surface area contributed by atoms with Crippen molar-refractivity contribution in [3.8, 4) is 11.1 Å². The molecule has 1 aliphatic heterocycles. The van der Waals surface area contributed by atoms with E-state index in [0.717, 1.165) is 15.4 Å². The molecule has 1 aliphatic rings. The molecule has 5 aromatic rings. The molecule has 0 aliphatic carbocycles. The lowest BCUT2D eigenvalue weighted by atomic mass is 9.98. The standard InChI is InChI=1S/C28H18Cl2Si/c29-19-15-16-24-26(17-19)31(20-9-3-1-4-10-20,21-11-5-2-6-12-21)27-18-25(30)22-13-7-8-14-23(22)28(24)27/h1-18H. The van der Waals surface area contributed by atoms with Crippen LogP contribution in [0.15, 0.2) is 109 Å². The van der Waals surface area contributed by atoms with E-state index in [-0.39, 0.29) is 0 Å². The minimum atomic E-state index is -2.57. The average Bonchev–Trinajstić information content (AvgIpc) is 3.10. The Balaban J connectivity index is 1.88. The van der Waals surface area contributed by atoms with Gasteiger partial charge >= 0.3 is 0 Å². The van der Waals surface area contributed by atoms with Gasteiger partial charge in [-0.25, -0.2) is 0 Å². The van der Waals surface area contributed by atoms with Crippen molar-refractivity contribution < 1.29 is 0 Å². The van der Waals surface area contributed by atoms with E-state index in [0.29, 0.717) is 0 Å². The zero-order valence-electron chi connectivity index (χ0n) is 16.6. The van der Waals surface area contributed by atoms with Crippen molar-refractivity contribution in [3.05, 3.63) is 119 Å². The molecule has 0 saturated carbocycles. The van der Waals surface area contributed by atoms with Crippen LogP contribution in [0.25, 0.3) is 21.9 Å². The lowest BCUT2D eigenvalue weighted by molar-refractivity contribution is 1.70. The Morgan fingerprint density at radius 1 is 0.516 bits per heavy atom. The van der Waals surface area contributed by atoms with Crippen molar-refractivity contribution in [2.24, 2.45) is 0 Å². The lowest BCUT2D eigenvalue weighted by Gasteiger charge is -2.31. The predicted octanol–water partition coefficient (Wildman–Crippen LogP) is 5.50. The Hall–Kier alpha value is -2.84. The van der Waals surface area contributed by atoms with Gasteiger partial charge in [-0.15, -0.1) is 0 Å². The molecule has 0 aromatic heterocycles. The van der Waals surface area contributed by atoms with E-state index in [1.807, 2.05) is 6.07 Å². The van der Waals surface area contributed by atoms with E-state index in [2.05, 4.69) is 103 Å². The molecule has 0 nitrogen and oxygen atoms in total. The van der Waals surface area contributed by atoms with Crippen molar-refractivity contribution in [2.75, 3.05) is 0 Å². The maximum Gasteiger partial charge on any atom is 0.180 e. The summed E-state index contributed by atoms with van der Waals surface area (Å²) < 4.78 is 0. The van der Waals surface area contributed by atoms with Gasteiger partial charge in [-0.05, 0) is 55.5 Å². The molecule has 0 fully saturated rings. The van der Waals surface area contributed by atoms with Crippen molar-refractivity contribution >= 4 is 62.8 Å². The Morgan fingerprint density at radius 3 is 1.74 bits per heavy atom. The largest absolute Gasteiger partial charge is 0.180 e. The van der Waals surface area contributed by atoms with Crippen LogP contribution < -0.4 is 20.7 Å². The molecule has 148 valence electrons. The molecule has 0 N–H and O–H groups in total. The third-order valence-corrected chi connectivity index (χ3v) is 11.8. The molecule has 0 saturated heterocycles. The van der Waals surface area contributed by atoms with Gasteiger partial charge in [0, 0.05) is 15.4 Å². The number of hydrogen-bond donors (Lipinski definition) is 0. The second-order valence-corrected chi connectivity index (χ2v) is 12.6. The third kappa shape index (κ3) is 2.61. The van der Waals surface area contributed by atoms with Gasteiger partial charge in [-0.2, -0.15) is 0 Å². The first-order valence-corrected chi connectivity index (χ1v) is 13.1. The number of hydrogen-bond acceptors (Lipinski definition) is 0. The summed E-state index contributed by atoms with van der Waals surface area (Å²) >= 11 is 13.5. The number of halogens is 2. The highest BCUT2D eigenvalue weighted by molar-refractivity contribution is 7.22. The average molecular weight is 453 g/mol. The van der Waals surface area contributed by atoms with Crippen LogP contribution in [-0.2, 0) is 0 Å². The van der Waals surface area contributed by atoms with Crippen molar-refractivity contribution in [1.29, 1.82) is 0 Å². The van der Waals surface area contributed by atoms with Gasteiger partial charge in [0.15, 0.2) is 8.07 Å². The molecule has 3 heteroatoms. The van der Waals surface area contributed by atoms with Crippen LogP contribution in [0.2, 0.25) is 10.0 Å². The van der Waals surface area contributed by atoms with Gasteiger partial charge in [0.2, 0.25) is 0 Å². The first-order chi connectivity index (χ1) is 15.2. The number of benzene rings is 5. The highest BCUT2D eigenvalue weighted by Gasteiger charge is 2.49. The van der Waals surface area contributed by atoms with E-state index in [9.17, 15) is 0 Å². The Kier molecular flexibility index (Phi) is 4.33. The summed E-state index contributed by atoms with van der Waals surface area (Å²) in [4.78, 5) is 0. The van der Waals surface area contributed by atoms with Crippen LogP contribution in [0.3, 0.4) is 0 Å². The van der Waals surface area contributed by atoms with Crippen LogP contribution in [0.1, 0.15) is 0 Å². The molecule has 6 rings (SSSR count). The topological polar surface area (TPSA) is 0 Å². The molecule has 0 spiro atoms. The summed E-state index contributed by atoms with van der Waals surface area (Å²) in [5.74, 6) is 0. The second kappa shape index (κ2) is 7.10. The normalized spacial score (nSPS) is 13.7. The summed E-state index contributed by atoms with van der Waals surface area (Å²) in [6.07, 6.45) is 0. The molecule has 0 unspecified atom stereocenters. The van der Waals surface area contributed by atoms with Crippen LogP contribution in [0.5, 0.6) is 0 Å². The van der Waals surface area contributed by atoms with E-state index >= 15 is 0 Å². The van der Waals surface area contributed by atoms with E-state index in [1.54, 1.807) is 0 Å². The summed E-state index contributed by atoms with van der Waals surface area (Å²) in [6, 6.07) is 38.8. The smallest absolute Gasteiger partial charge is 0.0843 e. The molecule has 31 heavy (non-hydrogen) atoms. The van der Waals surface area contributed by atoms with Crippen LogP contribution in [-0.4, -0.2) is 8.07 Å². The fourth-order valence-electron chi connectivity index (χ4n) is 5.27. The van der Waals surface area contributed by atoms with Gasteiger partial charge in [0.05, 0.1) is 0 Å². The maximum absolute atomic E-state index is 6.91. The maximum atomic E-state index is 6.91. The molecule has 1 heterocycles. The van der Waals surface area contributed by atoms with E-state index in [1.165, 1.54) is 37.3 Å². The second-order valence-electron chi connectivity index (χ2n) is 8.00. The summed E-state index contributed by atoms with van der Waals surface area (Å²) in [7, 11) is -2.57. The highest BCUT2D eigenvalue weighted by Crippen LogP contribution is 2.38. The highest BCUT2D eigenvalue weighted by atomic mass is 35.5. The lowest BCUT2D eigenvalue weighted by Crippen LogP contribution is -2.72. The molecule has 0 bridgehead atoms. The van der Waals surface area contributed by atoms with Crippen LogP contribution >= 0.6 is 23.2 Å². The first-order valence-electron chi connectivity index (χ1n) is 10.3. The summed E-state index contributed by atoms with van der Waals surface area (Å²) in [6.45, 7) is 0. The molecule has 0 radical (unpaired) electrons. The minimum absolute atomic E-state index is 0.769. The molecule has 5 aromatic carbocycles. The molecule has 0 atom stereocenters. The fourth-order valence-corrected chi connectivity index (χ4v) is 11.1. The predicted molar refractivity (Wildman–Crippen MR) is 137 cm³/mol. The van der Waals surface area contributed by atoms with Crippen LogP contribution in [0.4, 0.5) is 0 Å². The zero-order valence-corrected chi connectivity index (χ0v) is 19.2. The Morgan fingerprint density at radius 2 is 1.10 bits per heavy atom. The SMILES string of the molecule is Clc1ccc2c(c1)[Si](c1ccccc1)(c1ccccc1)c1cc(Cl)c3ccccc3c1-2. The molecular formula is C28H18Cl2Si. The fraction of sp³-hybridized carbons (Fsp3) is 0. The van der Waals surface area contributed by atoms with Crippen molar-refractivity contribution in [1.82, 2.24) is 0 Å². The Bertz CT molecular complexity index is 1400. The number of fused-ring (bicyclic) bond motifs is 5. The van der Waals surface area contributed by atoms with Crippen molar-refractivity contribution in [3.63, 3.8) is 0 Å². The minimum Gasteiger partial charge on any atom is -0.0843 e. The van der Waals surface area contributed by atoms with Gasteiger partial charge in [-0.3, -0.25) is 0 Å². The number of rotatable bonds is 2. The Labute approximate surface area is 192 Å². The molecule has 0 amide bonds. The van der Waals surface area contributed by atoms with E-state index < -0.39 is 8.07 Å². The van der Waals surface area contributed by atoms with Crippen molar-refractivity contribution in [2.45, 2.75) is 0 Å². The quantitative estimate of drug-likeness (QED) is 0.304. The van der Waals surface area contributed by atoms with Gasteiger partial charge in [-0.1, -0.05) is 114 Å². The van der Waals surface area contributed by atoms with E-state index in [4.69, 9.17) is 23.2 Å². The van der Waals surface area contributed by atoms with Gasteiger partial charge in [0.1, 0.15) is 0 Å². The van der Waals surface area contributed by atoms with Gasteiger partial charge < -0.3 is 0 Å².